The monoisotopic (exact) mass is 1530 g/mol. The van der Waals surface area contributed by atoms with E-state index in [1.54, 1.807) is 24.3 Å². The number of hydrogen-bond acceptors (Lipinski definition) is 8. The molecule has 29 heteroatoms. The van der Waals surface area contributed by atoms with E-state index in [2.05, 4.69) is 0 Å². The molecule has 0 aliphatic carbocycles. The van der Waals surface area contributed by atoms with Gasteiger partial charge in [0.25, 0.3) is 0 Å². The molecule has 0 aliphatic rings. The average molecular weight is 1540 g/mol. The Morgan fingerprint density at radius 1 is 0.264 bits per heavy atom. The van der Waals surface area contributed by atoms with Crippen LogP contribution in [0.1, 0.15) is 31.8 Å². The van der Waals surface area contributed by atoms with Crippen LogP contribution in [0.3, 0.4) is 0 Å². The molecule has 10 aromatic rings. The standard InChI is InChI=1S/C26H12F6O2.C24H12Cl6O4S2.C12H4Cl6O2S/c27-17-9-19(29)23(20(30)10-17)25(33)15-5-1-13(2-6-15)14-3-7-16(8-4-14)26(34)24-21(31)11-18(28)12-22(24)32;25-15-9-19(27)23(20(28)10-15)35(31,32)17-5-1-13(2-6-17)14-3-7-18(8-4-14)36(33,34)24-21(29)11-16(26)12-22(24)30;13-5-1-7(15)11(8(16)2-5)21(19,20)12-9(17)3-6(14)4-10(12)18/h1-12H;1-12H;1-4H. The first-order valence-electron chi connectivity index (χ1n) is 24.7. The molecule has 0 saturated heterocycles. The lowest BCUT2D eigenvalue weighted by atomic mass is 9.96. The Morgan fingerprint density at radius 3 is 0.659 bits per heavy atom. The van der Waals surface area contributed by atoms with Crippen LogP contribution in [0, 0.1) is 34.9 Å². The molecular weight excluding hydrogens is 1510 g/mol. The number of sulfone groups is 3. The van der Waals surface area contributed by atoms with Crippen molar-refractivity contribution in [3.05, 3.63) is 287 Å². The van der Waals surface area contributed by atoms with Crippen molar-refractivity contribution in [3.63, 3.8) is 0 Å². The van der Waals surface area contributed by atoms with Crippen LogP contribution in [0.25, 0.3) is 22.3 Å². The zero-order valence-electron chi connectivity index (χ0n) is 44.5. The van der Waals surface area contributed by atoms with Crippen molar-refractivity contribution in [3.8, 4) is 22.3 Å². The summed E-state index contributed by atoms with van der Waals surface area (Å²) >= 11 is 71.5. The van der Waals surface area contributed by atoms with Gasteiger partial charge in [0, 0.05) is 55.5 Å². The van der Waals surface area contributed by atoms with Gasteiger partial charge in [0.15, 0.2) is 11.6 Å². The van der Waals surface area contributed by atoms with E-state index in [1.807, 2.05) is 0 Å². The van der Waals surface area contributed by atoms with Crippen molar-refractivity contribution in [2.24, 2.45) is 0 Å². The van der Waals surface area contributed by atoms with E-state index in [0.717, 1.165) is 0 Å². The quantitative estimate of drug-likeness (QED) is 0.0871. The molecule has 0 saturated carbocycles. The maximum atomic E-state index is 13.9. The van der Waals surface area contributed by atoms with Crippen molar-refractivity contribution < 1.29 is 61.2 Å². The molecule has 0 bridgehead atoms. The minimum atomic E-state index is -4.14. The van der Waals surface area contributed by atoms with Crippen molar-refractivity contribution in [2.75, 3.05) is 0 Å². The summed E-state index contributed by atoms with van der Waals surface area (Å²) in [5.74, 6) is -9.50. The highest BCUT2D eigenvalue weighted by atomic mass is 35.5. The van der Waals surface area contributed by atoms with E-state index in [0.29, 0.717) is 46.5 Å². The van der Waals surface area contributed by atoms with Gasteiger partial charge >= 0.3 is 0 Å². The van der Waals surface area contributed by atoms with Gasteiger partial charge < -0.3 is 0 Å². The third-order valence-electron chi connectivity index (χ3n) is 12.7. The molecule has 0 radical (unpaired) electrons. The number of ketones is 2. The Hall–Kier alpha value is -5.55. The molecular formula is C62H28Cl12F6O8S3. The molecule has 8 nitrogen and oxygen atoms in total. The number of carbonyl (C=O) groups is 2. The predicted molar refractivity (Wildman–Crippen MR) is 345 cm³/mol. The molecule has 10 aromatic carbocycles. The fraction of sp³-hybridized carbons (Fsp3) is 0. The number of rotatable bonds is 12. The smallest absolute Gasteiger partial charge is 0.212 e. The minimum Gasteiger partial charge on any atom is -0.288 e. The van der Waals surface area contributed by atoms with E-state index >= 15 is 0 Å². The van der Waals surface area contributed by atoms with Crippen molar-refractivity contribution in [2.45, 2.75) is 29.4 Å². The Labute approximate surface area is 575 Å². The first-order valence-corrected chi connectivity index (χ1v) is 33.7. The molecule has 0 spiro atoms. The van der Waals surface area contributed by atoms with Gasteiger partial charge in [-0.15, -0.1) is 0 Å². The summed E-state index contributed by atoms with van der Waals surface area (Å²) < 4.78 is 160. The molecule has 0 fully saturated rings. The Kier molecular flexibility index (Phi) is 22.7. The Morgan fingerprint density at radius 2 is 0.451 bits per heavy atom. The van der Waals surface area contributed by atoms with Gasteiger partial charge in [-0.05, 0) is 95.1 Å². The van der Waals surface area contributed by atoms with E-state index in [4.69, 9.17) is 139 Å². The fourth-order valence-electron chi connectivity index (χ4n) is 8.57. The van der Waals surface area contributed by atoms with Gasteiger partial charge in [-0.1, -0.05) is 212 Å². The Bertz CT molecular complexity index is 4500. The van der Waals surface area contributed by atoms with Crippen LogP contribution in [0.4, 0.5) is 26.3 Å². The summed E-state index contributed by atoms with van der Waals surface area (Å²) in [6.45, 7) is 0. The van der Waals surface area contributed by atoms with Crippen molar-refractivity contribution >= 4 is 180 Å². The fourth-order valence-corrected chi connectivity index (χ4v) is 18.5. The molecule has 468 valence electrons. The summed E-state index contributed by atoms with van der Waals surface area (Å²) in [6, 6.07) is 35.1. The summed E-state index contributed by atoms with van der Waals surface area (Å²) in [6.07, 6.45) is 0. The maximum Gasteiger partial charge on any atom is 0.212 e. The van der Waals surface area contributed by atoms with Gasteiger partial charge in [-0.25, -0.2) is 51.6 Å². The van der Waals surface area contributed by atoms with Gasteiger partial charge in [-0.2, -0.15) is 0 Å². The topological polar surface area (TPSA) is 137 Å². The molecule has 0 N–H and O–H groups in total. The molecule has 10 rings (SSSR count). The van der Waals surface area contributed by atoms with Crippen molar-refractivity contribution in [1.82, 2.24) is 0 Å². The third kappa shape index (κ3) is 15.8. The van der Waals surface area contributed by atoms with Gasteiger partial charge in [-0.3, -0.25) is 9.59 Å². The second-order valence-electron chi connectivity index (χ2n) is 18.7. The number of hydrogen-bond donors (Lipinski definition) is 0. The molecule has 0 aliphatic heterocycles. The summed E-state index contributed by atoms with van der Waals surface area (Å²) in [7, 11) is -12.2. The van der Waals surface area contributed by atoms with Crippen LogP contribution in [0.5, 0.6) is 0 Å². The molecule has 0 aromatic heterocycles. The second-order valence-corrected chi connectivity index (χ2v) is 29.3. The highest BCUT2D eigenvalue weighted by molar-refractivity contribution is 7.92. The predicted octanol–water partition coefficient (Wildman–Crippen LogP) is 22.0. The second kappa shape index (κ2) is 29.0. The normalized spacial score (nSPS) is 11.5. The van der Waals surface area contributed by atoms with Crippen LogP contribution in [0.2, 0.25) is 60.3 Å². The molecule has 0 atom stereocenters. The molecule has 0 heterocycles. The average Bonchev–Trinajstić information content (AvgIpc) is 0.849. The number of halogens is 18. The van der Waals surface area contributed by atoms with Gasteiger partial charge in [0.2, 0.25) is 29.5 Å². The van der Waals surface area contributed by atoms with E-state index in [1.165, 1.54) is 121 Å². The molecule has 91 heavy (non-hydrogen) atoms. The van der Waals surface area contributed by atoms with Crippen LogP contribution in [-0.2, 0) is 29.5 Å². The SMILES string of the molecule is O=C(c1ccc(-c2ccc(C(=O)c3c(F)cc(F)cc3F)cc2)cc1)c1c(F)cc(F)cc1F.O=S(=O)(c1c(Cl)cc(Cl)cc1Cl)c1c(Cl)cc(Cl)cc1Cl.O=S(=O)(c1ccc(-c2ccc(S(=O)(=O)c3c(Cl)cc(Cl)cc3Cl)cc2)cc1)c1c(Cl)cc(Cl)cc1Cl. The van der Waals surface area contributed by atoms with Crippen LogP contribution in [0.15, 0.2) is 199 Å². The lowest BCUT2D eigenvalue weighted by molar-refractivity contribution is 0.102. The maximum absolute atomic E-state index is 13.9. The lowest BCUT2D eigenvalue weighted by Gasteiger charge is -2.12. The number of carbonyl (C=O) groups excluding carboxylic acids is 2. The van der Waals surface area contributed by atoms with Gasteiger partial charge in [0.05, 0.1) is 61.1 Å². The minimum absolute atomic E-state index is 0.0245. The van der Waals surface area contributed by atoms with E-state index < -0.39 is 87.1 Å². The first-order chi connectivity index (χ1) is 42.6. The summed E-state index contributed by atoms with van der Waals surface area (Å²) in [5, 5.41) is -0.0364. The Balaban J connectivity index is 0.000000182. The summed E-state index contributed by atoms with van der Waals surface area (Å²) in [5.41, 5.74) is 0.589. The van der Waals surface area contributed by atoms with Crippen LogP contribution in [-0.4, -0.2) is 36.8 Å². The summed E-state index contributed by atoms with van der Waals surface area (Å²) in [4.78, 5) is 23.7. The lowest BCUT2D eigenvalue weighted by Crippen LogP contribution is -2.08. The first kappa shape index (κ1) is 71.3. The van der Waals surface area contributed by atoms with E-state index in [-0.39, 0.29) is 101 Å². The molecule has 0 amide bonds. The number of benzene rings is 10. The highest BCUT2D eigenvalue weighted by Gasteiger charge is 2.31. The van der Waals surface area contributed by atoms with Crippen LogP contribution < -0.4 is 0 Å². The molecule has 0 unspecified atom stereocenters. The van der Waals surface area contributed by atoms with E-state index in [9.17, 15) is 61.2 Å². The largest absolute Gasteiger partial charge is 0.288 e. The van der Waals surface area contributed by atoms with Crippen molar-refractivity contribution in [1.29, 1.82) is 0 Å². The third-order valence-corrected chi connectivity index (χ3v) is 22.5. The zero-order valence-corrected chi connectivity index (χ0v) is 56.0. The highest BCUT2D eigenvalue weighted by Crippen LogP contribution is 2.43. The van der Waals surface area contributed by atoms with Gasteiger partial charge in [0.1, 0.15) is 54.5 Å². The zero-order chi connectivity index (χ0) is 66.9. The van der Waals surface area contributed by atoms with Crippen LogP contribution >= 0.6 is 139 Å².